The minimum atomic E-state index is 0.443. The molecule has 0 spiro atoms. The number of nitrogens with two attached hydrogens (primary N) is 1. The van der Waals surface area contributed by atoms with Crippen molar-refractivity contribution in [1.29, 1.82) is 0 Å². The molecule has 0 aliphatic carbocycles. The highest BCUT2D eigenvalue weighted by Crippen LogP contribution is 2.17. The zero-order chi connectivity index (χ0) is 11.5. The van der Waals surface area contributed by atoms with Crippen molar-refractivity contribution in [2.24, 2.45) is 0 Å². The second-order valence-corrected chi connectivity index (χ2v) is 3.72. The number of nitrogens with zero attached hydrogens (tertiary/aromatic N) is 3. The number of imidazole rings is 1. The van der Waals surface area contributed by atoms with Crippen molar-refractivity contribution in [2.75, 3.05) is 17.6 Å². The van der Waals surface area contributed by atoms with Crippen LogP contribution in [0.4, 0.5) is 11.8 Å². The van der Waals surface area contributed by atoms with Gasteiger partial charge in [-0.3, -0.25) is 0 Å². The monoisotopic (exact) mass is 220 g/mol. The zero-order valence-corrected chi connectivity index (χ0v) is 9.54. The number of aromatic nitrogens is 4. The van der Waals surface area contributed by atoms with Crippen LogP contribution in [0.3, 0.4) is 0 Å². The van der Waals surface area contributed by atoms with E-state index in [0.717, 1.165) is 19.4 Å². The first-order valence-corrected chi connectivity index (χ1v) is 5.44. The Morgan fingerprint density at radius 1 is 1.31 bits per heavy atom. The van der Waals surface area contributed by atoms with Crippen molar-refractivity contribution in [3.63, 3.8) is 0 Å². The predicted molar refractivity (Wildman–Crippen MR) is 64.2 cm³/mol. The fourth-order valence-electron chi connectivity index (χ4n) is 1.50. The normalized spacial score (nSPS) is 10.9. The van der Waals surface area contributed by atoms with E-state index in [1.54, 1.807) is 6.92 Å². The van der Waals surface area contributed by atoms with Crippen molar-refractivity contribution >= 4 is 22.9 Å². The van der Waals surface area contributed by atoms with Crippen LogP contribution in [0.15, 0.2) is 0 Å². The Labute approximate surface area is 93.7 Å². The molecule has 0 aliphatic rings. The molecule has 2 heterocycles. The lowest BCUT2D eigenvalue weighted by atomic mass is 10.3. The Hall–Kier alpha value is -1.85. The van der Waals surface area contributed by atoms with Crippen LogP contribution in [0, 0.1) is 6.92 Å². The lowest BCUT2D eigenvalue weighted by molar-refractivity contribution is 0.829. The van der Waals surface area contributed by atoms with Gasteiger partial charge in [0.15, 0.2) is 11.5 Å². The molecule has 0 saturated heterocycles. The third-order valence-corrected chi connectivity index (χ3v) is 2.31. The number of nitrogens with one attached hydrogen (secondary N) is 2. The topological polar surface area (TPSA) is 92.5 Å². The van der Waals surface area contributed by atoms with Crippen LogP contribution >= 0.6 is 0 Å². The van der Waals surface area contributed by atoms with Crippen molar-refractivity contribution in [3.8, 4) is 0 Å². The molecule has 86 valence electrons. The van der Waals surface area contributed by atoms with E-state index in [0.29, 0.717) is 28.8 Å². The molecule has 6 heteroatoms. The molecule has 2 aromatic heterocycles. The molecule has 0 bridgehead atoms. The quantitative estimate of drug-likeness (QED) is 0.678. The molecular weight excluding hydrogens is 204 g/mol. The van der Waals surface area contributed by atoms with Crippen LogP contribution in [-0.4, -0.2) is 26.5 Å². The summed E-state index contributed by atoms with van der Waals surface area (Å²) < 4.78 is 0. The highest BCUT2D eigenvalue weighted by molar-refractivity contribution is 5.83. The molecule has 0 unspecified atom stereocenters. The van der Waals surface area contributed by atoms with Crippen LogP contribution in [0.5, 0.6) is 0 Å². The molecule has 4 N–H and O–H groups in total. The summed E-state index contributed by atoms with van der Waals surface area (Å²) >= 11 is 0. The Balaban J connectivity index is 2.26. The van der Waals surface area contributed by atoms with Crippen molar-refractivity contribution < 1.29 is 0 Å². The van der Waals surface area contributed by atoms with Gasteiger partial charge >= 0.3 is 0 Å². The summed E-state index contributed by atoms with van der Waals surface area (Å²) in [6.45, 7) is 4.84. The first kappa shape index (κ1) is 10.7. The lowest BCUT2D eigenvalue weighted by Gasteiger charge is -1.98. The van der Waals surface area contributed by atoms with Gasteiger partial charge in [-0.1, -0.05) is 13.3 Å². The Morgan fingerprint density at radius 3 is 2.88 bits per heavy atom. The first-order chi connectivity index (χ1) is 7.70. The molecule has 0 aromatic carbocycles. The number of aromatic amines is 1. The third-order valence-electron chi connectivity index (χ3n) is 2.31. The van der Waals surface area contributed by atoms with Crippen molar-refractivity contribution in [1.82, 2.24) is 19.9 Å². The summed E-state index contributed by atoms with van der Waals surface area (Å²) in [5.41, 5.74) is 7.09. The van der Waals surface area contributed by atoms with Gasteiger partial charge in [0, 0.05) is 6.54 Å². The number of unbranched alkanes of at least 4 members (excludes halogenated alkanes) is 1. The average molecular weight is 220 g/mol. The second kappa shape index (κ2) is 4.34. The molecule has 0 aliphatic heterocycles. The van der Waals surface area contributed by atoms with Gasteiger partial charge in [0.2, 0.25) is 5.95 Å². The lowest BCUT2D eigenvalue weighted by Crippen LogP contribution is -2.01. The molecule has 0 atom stereocenters. The molecule has 0 saturated carbocycles. The van der Waals surface area contributed by atoms with Gasteiger partial charge in [-0.2, -0.15) is 4.98 Å². The number of hydrogen-bond donors (Lipinski definition) is 3. The molecule has 0 fully saturated rings. The molecule has 0 amide bonds. The molecule has 16 heavy (non-hydrogen) atoms. The van der Waals surface area contributed by atoms with E-state index in [9.17, 15) is 0 Å². The minimum absolute atomic E-state index is 0.443. The Morgan fingerprint density at radius 2 is 2.12 bits per heavy atom. The van der Waals surface area contributed by atoms with Gasteiger partial charge < -0.3 is 16.0 Å². The number of fused-ring (bicyclic) bond motifs is 1. The number of hydrogen-bond acceptors (Lipinski definition) is 5. The first-order valence-electron chi connectivity index (χ1n) is 5.44. The van der Waals surface area contributed by atoms with Crippen LogP contribution in [0.1, 0.15) is 25.6 Å². The number of H-pyrrole nitrogens is 1. The summed E-state index contributed by atoms with van der Waals surface area (Å²) in [6, 6.07) is 0. The molecule has 2 aromatic rings. The Kier molecular flexibility index (Phi) is 2.89. The van der Waals surface area contributed by atoms with E-state index in [4.69, 9.17) is 5.73 Å². The van der Waals surface area contributed by atoms with Gasteiger partial charge in [0.05, 0.1) is 0 Å². The maximum absolute atomic E-state index is 5.78. The minimum Gasteiger partial charge on any atom is -0.382 e. The molecule has 6 nitrogen and oxygen atoms in total. The second-order valence-electron chi connectivity index (χ2n) is 3.72. The molecule has 0 radical (unpaired) electrons. The van der Waals surface area contributed by atoms with Gasteiger partial charge in [-0.05, 0) is 13.3 Å². The van der Waals surface area contributed by atoms with E-state index in [2.05, 4.69) is 32.2 Å². The number of nitrogen functional groups attached to an aromatic ring is 1. The van der Waals surface area contributed by atoms with E-state index in [-0.39, 0.29) is 0 Å². The van der Waals surface area contributed by atoms with E-state index < -0.39 is 0 Å². The van der Waals surface area contributed by atoms with E-state index >= 15 is 0 Å². The summed E-state index contributed by atoms with van der Waals surface area (Å²) in [6.07, 6.45) is 2.26. The summed E-state index contributed by atoms with van der Waals surface area (Å²) in [4.78, 5) is 15.7. The van der Waals surface area contributed by atoms with Gasteiger partial charge in [0.25, 0.3) is 0 Å². The van der Waals surface area contributed by atoms with E-state index in [1.807, 2.05) is 0 Å². The highest BCUT2D eigenvalue weighted by Gasteiger charge is 2.08. The van der Waals surface area contributed by atoms with Crippen LogP contribution < -0.4 is 11.1 Å². The smallest absolute Gasteiger partial charge is 0.202 e. The SMILES string of the molecule is CCCCNc1nc2nc(C)nc(N)c2[nH]1. The van der Waals surface area contributed by atoms with Gasteiger partial charge in [0.1, 0.15) is 11.3 Å². The van der Waals surface area contributed by atoms with E-state index in [1.165, 1.54) is 0 Å². The maximum atomic E-state index is 5.78. The highest BCUT2D eigenvalue weighted by atomic mass is 15.2. The van der Waals surface area contributed by atoms with Crippen molar-refractivity contribution in [2.45, 2.75) is 26.7 Å². The third kappa shape index (κ3) is 2.05. The average Bonchev–Trinajstić information content (AvgIpc) is 2.61. The van der Waals surface area contributed by atoms with Crippen LogP contribution in [0.2, 0.25) is 0 Å². The van der Waals surface area contributed by atoms with Crippen LogP contribution in [-0.2, 0) is 0 Å². The zero-order valence-electron chi connectivity index (χ0n) is 9.54. The Bertz CT molecular complexity index is 489. The number of rotatable bonds is 4. The maximum Gasteiger partial charge on any atom is 0.202 e. The predicted octanol–water partition coefficient (Wildman–Crippen LogP) is 1.46. The summed E-state index contributed by atoms with van der Waals surface area (Å²) in [5.74, 6) is 1.78. The fourth-order valence-corrected chi connectivity index (χ4v) is 1.50. The summed E-state index contributed by atoms with van der Waals surface area (Å²) in [7, 11) is 0. The van der Waals surface area contributed by atoms with Gasteiger partial charge in [-0.15, -0.1) is 0 Å². The largest absolute Gasteiger partial charge is 0.382 e. The molecular formula is C10H16N6. The van der Waals surface area contributed by atoms with Crippen LogP contribution in [0.25, 0.3) is 11.2 Å². The molecule has 2 rings (SSSR count). The fraction of sp³-hybridized carbons (Fsp3) is 0.500. The number of anilines is 2. The van der Waals surface area contributed by atoms with Crippen molar-refractivity contribution in [3.05, 3.63) is 5.82 Å². The standard InChI is InChI=1S/C10H16N6/c1-3-4-5-12-10-15-7-8(11)13-6(2)14-9(7)16-10/h3-5H2,1-2H3,(H4,11,12,13,14,15,16). The number of aryl methyl sites for hydroxylation is 1. The summed E-state index contributed by atoms with van der Waals surface area (Å²) in [5, 5.41) is 3.19. The van der Waals surface area contributed by atoms with Gasteiger partial charge in [-0.25, -0.2) is 9.97 Å².